The summed E-state index contributed by atoms with van der Waals surface area (Å²) >= 11 is 0. The van der Waals surface area contributed by atoms with Crippen LogP contribution in [-0.2, 0) is 22.2 Å². The van der Waals surface area contributed by atoms with Gasteiger partial charge in [-0.3, -0.25) is 9.55 Å². The number of pyridine rings is 2. The molecule has 0 bridgehead atoms. The van der Waals surface area contributed by atoms with Crippen LogP contribution >= 0.6 is 0 Å². The van der Waals surface area contributed by atoms with Crippen LogP contribution in [0.1, 0.15) is 108 Å². The van der Waals surface area contributed by atoms with Crippen molar-refractivity contribution >= 4 is 50.7 Å². The van der Waals surface area contributed by atoms with Crippen LogP contribution in [-0.4, -0.2) is 20.5 Å². The Labute approximate surface area is 340 Å². The lowest BCUT2D eigenvalue weighted by atomic mass is 9.84. The monoisotopic (exact) mass is 744 g/mol. The van der Waals surface area contributed by atoms with Crippen LogP contribution in [0.4, 0.5) is 31.5 Å². The summed E-state index contributed by atoms with van der Waals surface area (Å²) in [5.41, 5.74) is -3.29. The van der Waals surface area contributed by atoms with Crippen molar-refractivity contribution in [3.05, 3.63) is 149 Å². The maximum absolute atomic E-state index is 17.6. The summed E-state index contributed by atoms with van der Waals surface area (Å²) in [5.74, 6) is -3.09. The van der Waals surface area contributed by atoms with Gasteiger partial charge in [0.2, 0.25) is 11.4 Å². The molecule has 8 rings (SSSR count). The van der Waals surface area contributed by atoms with Crippen molar-refractivity contribution in [1.82, 2.24) is 23.7 Å². The SMILES string of the molecule is [2H]c1c([2H])c(C(C([2H])([2H])[2H])(C([2H])([2H])[2H])C([2H])([2H])[2H])c([2H])c([2H])c1[N+]1=C=[N+](c2cc(C(C)(C)C)cc(C(F)(F)c3ccc4c5ncccc5n(-c5cc(C(C)(C)C)ccn5)c4c3)c2)c2ccccc21. The number of halogens is 2. The highest BCUT2D eigenvalue weighted by atomic mass is 19.3. The fourth-order valence-electron chi connectivity index (χ4n) is 6.82. The fourth-order valence-corrected chi connectivity index (χ4v) is 6.82. The van der Waals surface area contributed by atoms with Crippen LogP contribution < -0.4 is 9.15 Å². The molecule has 0 atom stereocenters. The summed E-state index contributed by atoms with van der Waals surface area (Å²) in [4.78, 5) is 9.29. The van der Waals surface area contributed by atoms with Crippen molar-refractivity contribution in [2.75, 3.05) is 0 Å². The van der Waals surface area contributed by atoms with Gasteiger partial charge in [0.15, 0.2) is 0 Å². The summed E-state index contributed by atoms with van der Waals surface area (Å²) in [6.07, 6.45) is 3.34. The molecule has 276 valence electrons. The van der Waals surface area contributed by atoms with Crippen molar-refractivity contribution in [2.24, 2.45) is 0 Å². The van der Waals surface area contributed by atoms with E-state index in [0.29, 0.717) is 39.0 Å². The van der Waals surface area contributed by atoms with Crippen molar-refractivity contribution < 1.29 is 26.6 Å². The number of benzene rings is 4. The highest BCUT2D eigenvalue weighted by molar-refractivity contribution is 6.07. The Morgan fingerprint density at radius 3 is 1.95 bits per heavy atom. The molecule has 0 N–H and O–H groups in total. The number of aromatic nitrogens is 3. The third-order valence-electron chi connectivity index (χ3n) is 9.90. The normalized spacial score (nSPS) is 17.8. The van der Waals surface area contributed by atoms with Crippen LogP contribution in [0.25, 0.3) is 27.8 Å². The Morgan fingerprint density at radius 1 is 0.600 bits per heavy atom. The molecule has 0 spiro atoms. The quantitative estimate of drug-likeness (QED) is 0.165. The van der Waals surface area contributed by atoms with Crippen LogP contribution in [0, 0.1) is 0 Å². The molecular formula is C48H47F2N5+2. The van der Waals surface area contributed by atoms with E-state index in [1.165, 1.54) is 28.8 Å². The Balaban J connectivity index is 1.36. The molecular weight excluding hydrogens is 685 g/mol. The fraction of sp³-hybridized carbons (Fsp3) is 0.271. The van der Waals surface area contributed by atoms with E-state index < -0.39 is 72.7 Å². The van der Waals surface area contributed by atoms with Gasteiger partial charge in [0.1, 0.15) is 5.82 Å². The van der Waals surface area contributed by atoms with Crippen molar-refractivity contribution in [3.63, 3.8) is 0 Å². The van der Waals surface area contributed by atoms with E-state index in [9.17, 15) is 0 Å². The molecule has 55 heavy (non-hydrogen) atoms. The lowest BCUT2D eigenvalue weighted by Gasteiger charge is -2.23. The minimum atomic E-state index is -3.86. The van der Waals surface area contributed by atoms with Gasteiger partial charge in [-0.05, 0) is 78.5 Å². The average molecular weight is 745 g/mol. The Morgan fingerprint density at radius 2 is 1.27 bits per heavy atom. The molecule has 0 saturated heterocycles. The summed E-state index contributed by atoms with van der Waals surface area (Å²) in [5, 5.41) is 0.647. The number of fused-ring (bicyclic) bond motifs is 4. The molecule has 0 fully saturated rings. The van der Waals surface area contributed by atoms with Gasteiger partial charge in [0, 0.05) is 77.6 Å². The molecule has 0 aliphatic carbocycles. The largest absolute Gasteiger partial charge is 0.503 e. The van der Waals surface area contributed by atoms with E-state index >= 15 is 8.78 Å². The predicted octanol–water partition coefficient (Wildman–Crippen LogP) is 12.5. The zero-order chi connectivity index (χ0) is 50.1. The minimum Gasteiger partial charge on any atom is -0.292 e. The van der Waals surface area contributed by atoms with Gasteiger partial charge >= 0.3 is 6.01 Å². The smallest absolute Gasteiger partial charge is 0.292 e. The molecule has 3 aromatic heterocycles. The van der Waals surface area contributed by atoms with E-state index in [0.717, 1.165) is 10.1 Å². The topological polar surface area (TPSA) is 36.7 Å². The highest BCUT2D eigenvalue weighted by Crippen LogP contribution is 2.44. The van der Waals surface area contributed by atoms with Crippen LogP contribution in [0.3, 0.4) is 0 Å². The van der Waals surface area contributed by atoms with Crippen molar-refractivity contribution in [2.45, 2.75) is 84.3 Å². The zero-order valence-corrected chi connectivity index (χ0v) is 31.2. The van der Waals surface area contributed by atoms with Crippen LogP contribution in [0.15, 0.2) is 121 Å². The third-order valence-corrected chi connectivity index (χ3v) is 9.90. The van der Waals surface area contributed by atoms with Crippen molar-refractivity contribution in [3.8, 4) is 5.82 Å². The molecule has 1 aliphatic rings. The molecule has 0 saturated carbocycles. The minimum absolute atomic E-state index is 0.183. The molecule has 0 amide bonds. The van der Waals surface area contributed by atoms with Crippen LogP contribution in [0.5, 0.6) is 0 Å². The van der Waals surface area contributed by atoms with E-state index in [-0.39, 0.29) is 27.9 Å². The molecule has 1 aliphatic heterocycles. The lowest BCUT2D eigenvalue weighted by molar-refractivity contribution is 0.0428. The summed E-state index contributed by atoms with van der Waals surface area (Å²) in [7, 11) is 0. The maximum Gasteiger partial charge on any atom is 0.503 e. The Hall–Kier alpha value is -5.78. The zero-order valence-electron chi connectivity index (χ0n) is 44.2. The van der Waals surface area contributed by atoms with E-state index in [4.69, 9.17) is 17.8 Å². The Kier molecular flexibility index (Phi) is 5.49. The molecule has 0 unspecified atom stereocenters. The van der Waals surface area contributed by atoms with Gasteiger partial charge in [-0.25, -0.2) is 4.98 Å². The van der Waals surface area contributed by atoms with Gasteiger partial charge in [-0.1, -0.05) is 98.4 Å². The second kappa shape index (κ2) is 12.6. The third kappa shape index (κ3) is 6.36. The van der Waals surface area contributed by atoms with Crippen molar-refractivity contribution in [1.29, 1.82) is 0 Å². The van der Waals surface area contributed by atoms with Gasteiger partial charge < -0.3 is 0 Å². The lowest BCUT2D eigenvalue weighted by Crippen LogP contribution is -2.19. The Bertz CT molecular complexity index is 3230. The predicted molar refractivity (Wildman–Crippen MR) is 223 cm³/mol. The first-order valence-electron chi connectivity index (χ1n) is 24.3. The number of nitrogens with zero attached hydrogens (tertiary/aromatic N) is 5. The molecule has 7 heteroatoms. The van der Waals surface area contributed by atoms with Gasteiger partial charge in [0.05, 0.1) is 22.0 Å². The second-order valence-electron chi connectivity index (χ2n) is 15.9. The number of hydrogen-bond acceptors (Lipinski definition) is 2. The number of para-hydroxylation sites is 2. The molecule has 0 radical (unpaired) electrons. The summed E-state index contributed by atoms with van der Waals surface area (Å²) < 4.78 is 150. The number of rotatable bonds is 5. The summed E-state index contributed by atoms with van der Waals surface area (Å²) in [6.45, 7) is 0.239. The van der Waals surface area contributed by atoms with E-state index in [1.807, 2.05) is 43.5 Å². The number of hydrogen-bond donors (Lipinski definition) is 0. The molecule has 4 heterocycles. The van der Waals surface area contributed by atoms with Gasteiger partial charge in [-0.2, -0.15) is 8.78 Å². The van der Waals surface area contributed by atoms with E-state index in [2.05, 4.69) is 36.7 Å². The second-order valence-corrected chi connectivity index (χ2v) is 15.9. The van der Waals surface area contributed by atoms with E-state index in [1.54, 1.807) is 54.9 Å². The molecule has 7 aromatic rings. The number of alkyl halides is 2. The van der Waals surface area contributed by atoms with Gasteiger partial charge in [0.25, 0.3) is 17.3 Å². The first kappa shape index (κ1) is 23.9. The van der Waals surface area contributed by atoms with Gasteiger partial charge in [-0.15, -0.1) is 0 Å². The molecule has 4 aromatic carbocycles. The standard InChI is InChI=1S/C48H47F2N5/c1-45(2,3)31-16-19-36(20-17-31)53-30-54(40-14-11-10-13-39(40)53)37-26-34(47(7,8)9)25-35(27-37)48(49,50)33-18-21-38-42(28-33)55(41-15-12-23-52-44(38)41)43-29-32(22-24-51-43)46(4,5)6/h10-29H,1-9H3/q+2/i1D3,2D3,3D3,16D,17D,19D,20D. The molecule has 5 nitrogen and oxygen atoms in total. The van der Waals surface area contributed by atoms with Crippen LogP contribution in [0.2, 0.25) is 0 Å². The average Bonchev–Trinajstić information content (AvgIpc) is 3.78. The summed E-state index contributed by atoms with van der Waals surface area (Å²) in [6, 6.07) is 21.6. The maximum atomic E-state index is 17.6. The highest BCUT2D eigenvalue weighted by Gasteiger charge is 2.41. The first-order chi connectivity index (χ1) is 31.3. The first-order valence-corrected chi connectivity index (χ1v) is 17.8.